The van der Waals surface area contributed by atoms with E-state index in [-0.39, 0.29) is 17.9 Å². The monoisotopic (exact) mass is 262 g/mol. The molecule has 0 radical (unpaired) electrons. The molecular formula is C16H26N2O. The van der Waals surface area contributed by atoms with Gasteiger partial charge in [0.2, 0.25) is 5.91 Å². The Morgan fingerprint density at radius 1 is 1.32 bits per heavy atom. The first-order valence-corrected chi connectivity index (χ1v) is 6.99. The third-order valence-electron chi connectivity index (χ3n) is 3.82. The van der Waals surface area contributed by atoms with Crippen molar-refractivity contribution in [1.82, 2.24) is 5.32 Å². The van der Waals surface area contributed by atoms with E-state index in [1.165, 1.54) is 11.1 Å². The van der Waals surface area contributed by atoms with Crippen LogP contribution in [0.25, 0.3) is 0 Å². The van der Waals surface area contributed by atoms with Crippen LogP contribution in [0.2, 0.25) is 0 Å². The Hall–Kier alpha value is -1.35. The van der Waals surface area contributed by atoms with Gasteiger partial charge in [-0.2, -0.15) is 0 Å². The van der Waals surface area contributed by atoms with Gasteiger partial charge in [-0.05, 0) is 37.8 Å². The van der Waals surface area contributed by atoms with E-state index >= 15 is 0 Å². The summed E-state index contributed by atoms with van der Waals surface area (Å²) in [4.78, 5) is 12.1. The molecule has 0 aliphatic heterocycles. The van der Waals surface area contributed by atoms with E-state index in [0.717, 1.165) is 12.0 Å². The highest BCUT2D eigenvalue weighted by atomic mass is 16.2. The molecule has 0 fully saturated rings. The summed E-state index contributed by atoms with van der Waals surface area (Å²) in [5.74, 6) is 0.133. The van der Waals surface area contributed by atoms with Crippen molar-refractivity contribution >= 4 is 5.91 Å². The van der Waals surface area contributed by atoms with Crippen molar-refractivity contribution in [3.05, 3.63) is 34.9 Å². The Morgan fingerprint density at radius 2 is 1.95 bits per heavy atom. The summed E-state index contributed by atoms with van der Waals surface area (Å²) in [5.41, 5.74) is 9.50. The predicted octanol–water partition coefficient (Wildman–Crippen LogP) is 2.85. The van der Waals surface area contributed by atoms with Crippen LogP contribution in [-0.2, 0) is 4.79 Å². The average Bonchev–Trinajstić information content (AvgIpc) is 2.39. The summed E-state index contributed by atoms with van der Waals surface area (Å²) < 4.78 is 0. The van der Waals surface area contributed by atoms with Crippen molar-refractivity contribution in [3.63, 3.8) is 0 Å². The Kier molecular flexibility index (Phi) is 5.55. The lowest BCUT2D eigenvalue weighted by Crippen LogP contribution is -2.45. The predicted molar refractivity (Wildman–Crippen MR) is 79.9 cm³/mol. The lowest BCUT2D eigenvalue weighted by molar-refractivity contribution is -0.124. The number of nitrogens with two attached hydrogens (primary N) is 1. The van der Waals surface area contributed by atoms with E-state index in [9.17, 15) is 4.79 Å². The molecule has 3 atom stereocenters. The van der Waals surface area contributed by atoms with E-state index in [4.69, 9.17) is 5.73 Å². The van der Waals surface area contributed by atoms with E-state index in [0.29, 0.717) is 0 Å². The van der Waals surface area contributed by atoms with Crippen LogP contribution in [0.5, 0.6) is 0 Å². The third-order valence-corrected chi connectivity index (χ3v) is 3.82. The van der Waals surface area contributed by atoms with Gasteiger partial charge >= 0.3 is 0 Å². The van der Waals surface area contributed by atoms with Crippen LogP contribution in [-0.4, -0.2) is 11.9 Å². The van der Waals surface area contributed by atoms with Gasteiger partial charge in [0, 0.05) is 0 Å². The molecule has 3 nitrogen and oxygen atoms in total. The van der Waals surface area contributed by atoms with Gasteiger partial charge in [-0.3, -0.25) is 4.79 Å². The lowest BCUT2D eigenvalue weighted by atomic mass is 9.97. The van der Waals surface area contributed by atoms with Gasteiger partial charge in [0.15, 0.2) is 0 Å². The standard InChI is InChI=1S/C16H26N2O/c1-6-11(3)15(17)16(19)18-13(5)14-9-10(2)7-8-12(14)4/h7-9,11,13,15H,6,17H2,1-5H3,(H,18,19)/t11-,13?,15-/m0/s1. The van der Waals surface area contributed by atoms with Crippen LogP contribution in [0.15, 0.2) is 18.2 Å². The zero-order valence-electron chi connectivity index (χ0n) is 12.7. The van der Waals surface area contributed by atoms with E-state index in [2.05, 4.69) is 37.4 Å². The third kappa shape index (κ3) is 4.06. The maximum atomic E-state index is 12.1. The molecule has 0 saturated carbocycles. The maximum absolute atomic E-state index is 12.1. The molecule has 3 heteroatoms. The molecule has 1 amide bonds. The van der Waals surface area contributed by atoms with E-state index < -0.39 is 6.04 Å². The lowest BCUT2D eigenvalue weighted by Gasteiger charge is -2.22. The van der Waals surface area contributed by atoms with Gasteiger partial charge in [0.25, 0.3) is 0 Å². The number of aryl methyl sites for hydroxylation is 2. The van der Waals surface area contributed by atoms with Gasteiger partial charge < -0.3 is 11.1 Å². The molecule has 1 aromatic carbocycles. The summed E-state index contributed by atoms with van der Waals surface area (Å²) in [6.45, 7) is 10.2. The Balaban J connectivity index is 2.76. The molecule has 0 saturated heterocycles. The SMILES string of the molecule is CC[C@H](C)[C@H](N)C(=O)NC(C)c1cc(C)ccc1C. The summed E-state index contributed by atoms with van der Waals surface area (Å²) in [6, 6.07) is 5.84. The molecule has 0 aliphatic carbocycles. The first kappa shape index (κ1) is 15.7. The summed E-state index contributed by atoms with van der Waals surface area (Å²) >= 11 is 0. The molecule has 0 heterocycles. The minimum absolute atomic E-state index is 0.0116. The van der Waals surface area contributed by atoms with Crippen molar-refractivity contribution in [2.24, 2.45) is 11.7 Å². The molecule has 0 spiro atoms. The molecule has 3 N–H and O–H groups in total. The Labute approximate surface area is 116 Å². The van der Waals surface area contributed by atoms with E-state index in [1.54, 1.807) is 0 Å². The first-order chi connectivity index (χ1) is 8.86. The van der Waals surface area contributed by atoms with Crippen LogP contribution in [0, 0.1) is 19.8 Å². The molecule has 0 bridgehead atoms. The summed E-state index contributed by atoms with van der Waals surface area (Å²) in [7, 11) is 0. The second-order valence-corrected chi connectivity index (χ2v) is 5.50. The fourth-order valence-electron chi connectivity index (χ4n) is 2.13. The molecule has 0 aliphatic rings. The van der Waals surface area contributed by atoms with Gasteiger partial charge in [0.1, 0.15) is 0 Å². The minimum Gasteiger partial charge on any atom is -0.348 e. The fraction of sp³-hybridized carbons (Fsp3) is 0.562. The van der Waals surface area contributed by atoms with Gasteiger partial charge in [-0.1, -0.05) is 44.0 Å². The van der Waals surface area contributed by atoms with Crippen LogP contribution < -0.4 is 11.1 Å². The number of hydrogen-bond donors (Lipinski definition) is 2. The summed E-state index contributed by atoms with van der Waals surface area (Å²) in [6.07, 6.45) is 0.909. The van der Waals surface area contributed by atoms with Crippen molar-refractivity contribution in [2.75, 3.05) is 0 Å². The topological polar surface area (TPSA) is 55.1 Å². The molecule has 1 rings (SSSR count). The Bertz CT molecular complexity index is 442. The highest BCUT2D eigenvalue weighted by molar-refractivity contribution is 5.82. The van der Waals surface area contributed by atoms with E-state index in [1.807, 2.05) is 20.8 Å². The van der Waals surface area contributed by atoms with Gasteiger partial charge in [-0.15, -0.1) is 0 Å². The number of amides is 1. The number of nitrogens with one attached hydrogen (secondary N) is 1. The molecule has 1 aromatic rings. The molecule has 1 unspecified atom stereocenters. The Morgan fingerprint density at radius 3 is 2.53 bits per heavy atom. The smallest absolute Gasteiger partial charge is 0.237 e. The highest BCUT2D eigenvalue weighted by Gasteiger charge is 2.21. The highest BCUT2D eigenvalue weighted by Crippen LogP contribution is 2.19. The maximum Gasteiger partial charge on any atom is 0.237 e. The number of carbonyl (C=O) groups is 1. The molecule has 19 heavy (non-hydrogen) atoms. The number of benzene rings is 1. The van der Waals surface area contributed by atoms with Crippen molar-refractivity contribution in [1.29, 1.82) is 0 Å². The van der Waals surface area contributed by atoms with Crippen molar-refractivity contribution in [3.8, 4) is 0 Å². The quantitative estimate of drug-likeness (QED) is 0.857. The minimum atomic E-state index is -0.433. The second kappa shape index (κ2) is 6.71. The first-order valence-electron chi connectivity index (χ1n) is 6.99. The average molecular weight is 262 g/mol. The second-order valence-electron chi connectivity index (χ2n) is 5.50. The van der Waals surface area contributed by atoms with Crippen molar-refractivity contribution in [2.45, 2.75) is 53.1 Å². The zero-order chi connectivity index (χ0) is 14.6. The van der Waals surface area contributed by atoms with Crippen molar-refractivity contribution < 1.29 is 4.79 Å². The number of carbonyl (C=O) groups excluding carboxylic acids is 1. The van der Waals surface area contributed by atoms with Crippen LogP contribution in [0.1, 0.15) is 49.9 Å². The zero-order valence-corrected chi connectivity index (χ0v) is 12.7. The summed E-state index contributed by atoms with van der Waals surface area (Å²) in [5, 5.41) is 3.02. The molecular weight excluding hydrogens is 236 g/mol. The largest absolute Gasteiger partial charge is 0.348 e. The van der Waals surface area contributed by atoms with Crippen LogP contribution >= 0.6 is 0 Å². The number of hydrogen-bond acceptors (Lipinski definition) is 2. The van der Waals surface area contributed by atoms with Gasteiger partial charge in [-0.25, -0.2) is 0 Å². The molecule has 0 aromatic heterocycles. The van der Waals surface area contributed by atoms with Crippen LogP contribution in [0.4, 0.5) is 0 Å². The van der Waals surface area contributed by atoms with Crippen LogP contribution in [0.3, 0.4) is 0 Å². The normalized spacial score (nSPS) is 15.7. The fourth-order valence-corrected chi connectivity index (χ4v) is 2.13. The number of rotatable bonds is 5. The van der Waals surface area contributed by atoms with Gasteiger partial charge in [0.05, 0.1) is 12.1 Å². The molecule has 106 valence electrons.